The van der Waals surface area contributed by atoms with Crippen LogP contribution in [0.2, 0.25) is 5.02 Å². The van der Waals surface area contributed by atoms with Gasteiger partial charge < -0.3 is 10.2 Å². The monoisotopic (exact) mass is 372 g/mol. The molecule has 1 fully saturated rings. The second kappa shape index (κ2) is 5.97. The number of amides is 2. The van der Waals surface area contributed by atoms with Crippen molar-refractivity contribution in [1.29, 1.82) is 0 Å². The van der Waals surface area contributed by atoms with Crippen LogP contribution >= 0.6 is 27.5 Å². The van der Waals surface area contributed by atoms with Gasteiger partial charge in [-0.15, -0.1) is 0 Å². The lowest BCUT2D eigenvalue weighted by Gasteiger charge is -2.42. The Morgan fingerprint density at radius 2 is 2.05 bits per heavy atom. The summed E-state index contributed by atoms with van der Waals surface area (Å²) in [6.07, 6.45) is 0.571. The average molecular weight is 374 g/mol. The second-order valence-electron chi connectivity index (χ2n) is 5.71. The molecule has 1 aromatic rings. The van der Waals surface area contributed by atoms with E-state index in [1.54, 1.807) is 24.8 Å². The standard InChI is InChI=1S/C15H18BrClN2O2/c1-4-12-13(20)18-15(2,3)14(21)19(12)8-9-5-6-10(16)7-11(9)17/h5-7,12H,4,8H2,1-3H3,(H,18,20). The molecule has 1 atom stereocenters. The Labute approximate surface area is 138 Å². The van der Waals surface area contributed by atoms with E-state index in [0.717, 1.165) is 10.0 Å². The van der Waals surface area contributed by atoms with Gasteiger partial charge in [0.1, 0.15) is 11.6 Å². The summed E-state index contributed by atoms with van der Waals surface area (Å²) in [6.45, 7) is 5.66. The van der Waals surface area contributed by atoms with Crippen molar-refractivity contribution >= 4 is 39.3 Å². The van der Waals surface area contributed by atoms with E-state index in [9.17, 15) is 9.59 Å². The molecular weight excluding hydrogens is 356 g/mol. The van der Waals surface area contributed by atoms with E-state index in [1.807, 2.05) is 19.1 Å². The van der Waals surface area contributed by atoms with Crippen LogP contribution in [-0.2, 0) is 16.1 Å². The van der Waals surface area contributed by atoms with E-state index in [2.05, 4.69) is 21.2 Å². The van der Waals surface area contributed by atoms with Crippen LogP contribution in [0.15, 0.2) is 22.7 Å². The third-order valence-electron chi connectivity index (χ3n) is 3.65. The highest BCUT2D eigenvalue weighted by atomic mass is 79.9. The molecule has 0 bridgehead atoms. The van der Waals surface area contributed by atoms with E-state index in [4.69, 9.17) is 11.6 Å². The Balaban J connectivity index is 2.33. The maximum atomic E-state index is 12.6. The zero-order valence-electron chi connectivity index (χ0n) is 12.2. The largest absolute Gasteiger partial charge is 0.340 e. The van der Waals surface area contributed by atoms with Gasteiger partial charge in [-0.25, -0.2) is 0 Å². The summed E-state index contributed by atoms with van der Waals surface area (Å²) in [6, 6.07) is 5.08. The van der Waals surface area contributed by atoms with Crippen LogP contribution in [0.1, 0.15) is 32.8 Å². The molecule has 1 saturated heterocycles. The molecule has 1 unspecified atom stereocenters. The fourth-order valence-electron chi connectivity index (χ4n) is 2.51. The van der Waals surface area contributed by atoms with Crippen molar-refractivity contribution in [1.82, 2.24) is 10.2 Å². The van der Waals surface area contributed by atoms with Gasteiger partial charge in [-0.2, -0.15) is 0 Å². The number of nitrogens with one attached hydrogen (secondary N) is 1. The number of halogens is 2. The fourth-order valence-corrected chi connectivity index (χ4v) is 3.24. The highest BCUT2D eigenvalue weighted by Crippen LogP contribution is 2.27. The maximum Gasteiger partial charge on any atom is 0.248 e. The highest BCUT2D eigenvalue weighted by molar-refractivity contribution is 9.10. The Kier molecular flexibility index (Phi) is 4.63. The van der Waals surface area contributed by atoms with Gasteiger partial charge in [0, 0.05) is 16.0 Å². The lowest BCUT2D eigenvalue weighted by Crippen LogP contribution is -2.67. The lowest BCUT2D eigenvalue weighted by atomic mass is 9.95. The van der Waals surface area contributed by atoms with Gasteiger partial charge in [-0.05, 0) is 38.0 Å². The van der Waals surface area contributed by atoms with Crippen molar-refractivity contribution < 1.29 is 9.59 Å². The molecule has 0 radical (unpaired) electrons. The van der Waals surface area contributed by atoms with Crippen LogP contribution in [0.25, 0.3) is 0 Å². The molecule has 1 aliphatic rings. The molecule has 4 nitrogen and oxygen atoms in total. The van der Waals surface area contributed by atoms with Gasteiger partial charge in [0.25, 0.3) is 0 Å². The molecular formula is C15H18BrClN2O2. The smallest absolute Gasteiger partial charge is 0.248 e. The molecule has 114 valence electrons. The lowest BCUT2D eigenvalue weighted by molar-refractivity contribution is -0.154. The summed E-state index contributed by atoms with van der Waals surface area (Å²) in [4.78, 5) is 26.4. The molecule has 1 aliphatic heterocycles. The number of benzene rings is 1. The average Bonchev–Trinajstić information content (AvgIpc) is 2.38. The van der Waals surface area contributed by atoms with Gasteiger partial charge in [0.15, 0.2) is 0 Å². The summed E-state index contributed by atoms with van der Waals surface area (Å²) in [5.74, 6) is -0.205. The number of rotatable bonds is 3. The quantitative estimate of drug-likeness (QED) is 0.885. The predicted octanol–water partition coefficient (Wildman–Crippen LogP) is 3.12. The molecule has 1 aromatic carbocycles. The number of carbonyl (C=O) groups is 2. The van der Waals surface area contributed by atoms with Crippen molar-refractivity contribution in [3.05, 3.63) is 33.3 Å². The maximum absolute atomic E-state index is 12.6. The van der Waals surface area contributed by atoms with Crippen molar-refractivity contribution in [2.45, 2.75) is 45.3 Å². The summed E-state index contributed by atoms with van der Waals surface area (Å²) in [7, 11) is 0. The first-order chi connectivity index (χ1) is 9.76. The zero-order valence-corrected chi connectivity index (χ0v) is 14.6. The van der Waals surface area contributed by atoms with E-state index >= 15 is 0 Å². The van der Waals surface area contributed by atoms with E-state index in [-0.39, 0.29) is 11.8 Å². The molecule has 0 aromatic heterocycles. The number of piperazine rings is 1. The molecule has 2 amide bonds. The summed E-state index contributed by atoms with van der Waals surface area (Å²) in [5, 5.41) is 3.35. The number of hydrogen-bond acceptors (Lipinski definition) is 2. The number of nitrogens with zero attached hydrogens (tertiary/aromatic N) is 1. The van der Waals surface area contributed by atoms with Crippen molar-refractivity contribution in [2.24, 2.45) is 0 Å². The second-order valence-corrected chi connectivity index (χ2v) is 7.03. The molecule has 1 N–H and O–H groups in total. The summed E-state index contributed by atoms with van der Waals surface area (Å²) in [5.41, 5.74) is -0.0536. The topological polar surface area (TPSA) is 49.4 Å². The number of hydrogen-bond donors (Lipinski definition) is 1. The predicted molar refractivity (Wildman–Crippen MR) is 86.0 cm³/mol. The number of carbonyl (C=O) groups excluding carboxylic acids is 2. The molecule has 0 aliphatic carbocycles. The van der Waals surface area contributed by atoms with Gasteiger partial charge >= 0.3 is 0 Å². The third-order valence-corrected chi connectivity index (χ3v) is 4.50. The Morgan fingerprint density at radius 1 is 1.38 bits per heavy atom. The Hall–Kier alpha value is -1.07. The normalized spacial score (nSPS) is 21.4. The molecule has 0 saturated carbocycles. The first-order valence-corrected chi connectivity index (χ1v) is 8.00. The molecule has 21 heavy (non-hydrogen) atoms. The van der Waals surface area contributed by atoms with Crippen LogP contribution in [-0.4, -0.2) is 28.3 Å². The highest BCUT2D eigenvalue weighted by Gasteiger charge is 2.44. The Bertz CT molecular complexity index is 589. The minimum Gasteiger partial charge on any atom is -0.340 e. The SMILES string of the molecule is CCC1C(=O)NC(C)(C)C(=O)N1Cc1ccc(Br)cc1Cl. The van der Waals surface area contributed by atoms with Crippen LogP contribution in [0, 0.1) is 0 Å². The van der Waals surface area contributed by atoms with Gasteiger partial charge in [0.05, 0.1) is 0 Å². The van der Waals surface area contributed by atoms with E-state index in [0.29, 0.717) is 18.0 Å². The molecule has 6 heteroatoms. The van der Waals surface area contributed by atoms with Crippen LogP contribution < -0.4 is 5.32 Å². The molecule has 1 heterocycles. The summed E-state index contributed by atoms with van der Waals surface area (Å²) < 4.78 is 0.881. The van der Waals surface area contributed by atoms with Crippen LogP contribution in [0.5, 0.6) is 0 Å². The summed E-state index contributed by atoms with van der Waals surface area (Å²) >= 11 is 9.58. The van der Waals surface area contributed by atoms with Gasteiger partial charge in [-0.3, -0.25) is 9.59 Å². The van der Waals surface area contributed by atoms with Gasteiger partial charge in [-0.1, -0.05) is 40.5 Å². The minimum absolute atomic E-state index is 0.0899. The van der Waals surface area contributed by atoms with Crippen molar-refractivity contribution in [2.75, 3.05) is 0 Å². The first kappa shape index (κ1) is 16.3. The third kappa shape index (κ3) is 3.24. The van der Waals surface area contributed by atoms with Crippen molar-refractivity contribution in [3.8, 4) is 0 Å². The zero-order chi connectivity index (χ0) is 15.8. The van der Waals surface area contributed by atoms with Crippen molar-refractivity contribution in [3.63, 3.8) is 0 Å². The fraction of sp³-hybridized carbons (Fsp3) is 0.467. The first-order valence-electron chi connectivity index (χ1n) is 6.83. The van der Waals surface area contributed by atoms with E-state index < -0.39 is 11.6 Å². The molecule has 2 rings (SSSR count). The van der Waals surface area contributed by atoms with Crippen LogP contribution in [0.4, 0.5) is 0 Å². The van der Waals surface area contributed by atoms with Crippen LogP contribution in [0.3, 0.4) is 0 Å². The minimum atomic E-state index is -0.884. The molecule has 0 spiro atoms. The van der Waals surface area contributed by atoms with E-state index in [1.165, 1.54) is 0 Å². The Morgan fingerprint density at radius 3 is 2.62 bits per heavy atom. The van der Waals surface area contributed by atoms with Gasteiger partial charge in [0.2, 0.25) is 11.8 Å².